The van der Waals surface area contributed by atoms with Crippen LogP contribution in [0.5, 0.6) is 23.0 Å². The molecule has 0 radical (unpaired) electrons. The predicted molar refractivity (Wildman–Crippen MR) is 134 cm³/mol. The summed E-state index contributed by atoms with van der Waals surface area (Å²) in [4.78, 5) is 15.6. The van der Waals surface area contributed by atoms with Gasteiger partial charge in [-0.15, -0.1) is 0 Å². The molecule has 184 valence electrons. The maximum atomic E-state index is 13.4. The summed E-state index contributed by atoms with van der Waals surface area (Å²) in [6.45, 7) is 4.31. The third-order valence-corrected chi connectivity index (χ3v) is 6.78. The molecule has 0 unspecified atom stereocenters. The van der Waals surface area contributed by atoms with Crippen LogP contribution in [0.2, 0.25) is 5.02 Å². The van der Waals surface area contributed by atoms with Crippen molar-refractivity contribution in [1.82, 2.24) is 4.90 Å². The Hall–Kier alpha value is -3.52. The van der Waals surface area contributed by atoms with Gasteiger partial charge in [0.1, 0.15) is 29.7 Å². The Morgan fingerprint density at radius 1 is 1.06 bits per heavy atom. The van der Waals surface area contributed by atoms with Gasteiger partial charge >= 0.3 is 0 Å². The van der Waals surface area contributed by atoms with E-state index in [-0.39, 0.29) is 18.3 Å². The SMILES string of the molecule is COc1ccc(CN2COc3c(cc4c(c3C)O/C(=C\c3cc(Cl)cc5c3OCOC5)C4=O)C2)cc1. The van der Waals surface area contributed by atoms with Gasteiger partial charge in [-0.1, -0.05) is 23.7 Å². The van der Waals surface area contributed by atoms with Crippen LogP contribution in [0, 0.1) is 6.92 Å². The number of fused-ring (bicyclic) bond motifs is 3. The first-order valence-corrected chi connectivity index (χ1v) is 12.0. The third-order valence-electron chi connectivity index (χ3n) is 6.56. The van der Waals surface area contributed by atoms with Gasteiger partial charge in [0.25, 0.3) is 0 Å². The number of halogens is 1. The Kier molecular flexibility index (Phi) is 5.84. The number of ether oxygens (including phenoxy) is 5. The summed E-state index contributed by atoms with van der Waals surface area (Å²) >= 11 is 6.30. The third kappa shape index (κ3) is 4.09. The molecule has 3 aromatic rings. The Bertz CT molecular complexity index is 1400. The molecule has 0 saturated heterocycles. The van der Waals surface area contributed by atoms with Crippen LogP contribution in [0.1, 0.15) is 38.2 Å². The monoisotopic (exact) mass is 505 g/mol. The summed E-state index contributed by atoms with van der Waals surface area (Å²) in [6, 6.07) is 13.4. The van der Waals surface area contributed by atoms with E-state index in [1.165, 1.54) is 0 Å². The lowest BCUT2D eigenvalue weighted by Crippen LogP contribution is -2.32. The molecule has 3 heterocycles. The molecule has 0 atom stereocenters. The van der Waals surface area contributed by atoms with Gasteiger partial charge in [0.05, 0.1) is 19.3 Å². The number of allylic oxidation sites excluding steroid dienone is 1. The Morgan fingerprint density at radius 3 is 2.69 bits per heavy atom. The van der Waals surface area contributed by atoms with Crippen LogP contribution < -0.4 is 18.9 Å². The molecule has 3 aliphatic heterocycles. The fraction of sp³-hybridized carbons (Fsp3) is 0.250. The fourth-order valence-corrected chi connectivity index (χ4v) is 5.09. The first-order chi connectivity index (χ1) is 17.5. The number of nitrogens with zero attached hydrogens (tertiary/aromatic N) is 1. The summed E-state index contributed by atoms with van der Waals surface area (Å²) in [5.74, 6) is 2.84. The second kappa shape index (κ2) is 9.17. The van der Waals surface area contributed by atoms with Crippen molar-refractivity contribution in [2.45, 2.75) is 26.6 Å². The van der Waals surface area contributed by atoms with Crippen LogP contribution in [0.4, 0.5) is 0 Å². The summed E-state index contributed by atoms with van der Waals surface area (Å²) in [5, 5.41) is 0.537. The zero-order valence-electron chi connectivity index (χ0n) is 19.9. The molecule has 3 aliphatic rings. The Labute approximate surface area is 213 Å². The number of rotatable bonds is 4. The number of hydrogen-bond donors (Lipinski definition) is 0. The maximum absolute atomic E-state index is 13.4. The first-order valence-electron chi connectivity index (χ1n) is 11.6. The van der Waals surface area contributed by atoms with Gasteiger partial charge in [0, 0.05) is 40.4 Å². The molecule has 8 heteroatoms. The molecule has 0 bridgehead atoms. The second-order valence-corrected chi connectivity index (χ2v) is 9.45. The summed E-state index contributed by atoms with van der Waals surface area (Å²) in [6.07, 6.45) is 1.69. The smallest absolute Gasteiger partial charge is 0.231 e. The maximum Gasteiger partial charge on any atom is 0.231 e. The fourth-order valence-electron chi connectivity index (χ4n) is 4.84. The van der Waals surface area contributed by atoms with Crippen molar-refractivity contribution in [3.8, 4) is 23.0 Å². The zero-order chi connectivity index (χ0) is 24.8. The van der Waals surface area contributed by atoms with Crippen LogP contribution >= 0.6 is 11.6 Å². The topological polar surface area (TPSA) is 66.5 Å². The van der Waals surface area contributed by atoms with Crippen molar-refractivity contribution in [2.75, 3.05) is 20.6 Å². The van der Waals surface area contributed by atoms with Crippen molar-refractivity contribution < 1.29 is 28.5 Å². The highest BCUT2D eigenvalue weighted by atomic mass is 35.5. The van der Waals surface area contributed by atoms with E-state index >= 15 is 0 Å². The van der Waals surface area contributed by atoms with Gasteiger partial charge in [-0.2, -0.15) is 0 Å². The van der Waals surface area contributed by atoms with E-state index in [0.717, 1.165) is 40.3 Å². The molecule has 0 spiro atoms. The molecule has 0 N–H and O–H groups in total. The first kappa shape index (κ1) is 22.9. The minimum absolute atomic E-state index is 0.149. The Morgan fingerprint density at radius 2 is 1.89 bits per heavy atom. The molecule has 6 rings (SSSR count). The van der Waals surface area contributed by atoms with Crippen LogP contribution in [0.15, 0.2) is 48.2 Å². The largest absolute Gasteiger partial charge is 0.497 e. The molecular weight excluding hydrogens is 482 g/mol. The second-order valence-electron chi connectivity index (χ2n) is 9.01. The van der Waals surface area contributed by atoms with Gasteiger partial charge in [-0.3, -0.25) is 9.69 Å². The zero-order valence-corrected chi connectivity index (χ0v) is 20.7. The number of carbonyl (C=O) groups is 1. The van der Waals surface area contributed by atoms with Crippen LogP contribution in [0.3, 0.4) is 0 Å². The van der Waals surface area contributed by atoms with Crippen molar-refractivity contribution in [3.05, 3.63) is 86.6 Å². The molecule has 3 aromatic carbocycles. The van der Waals surface area contributed by atoms with E-state index in [1.54, 1.807) is 25.3 Å². The normalized spacial score (nSPS) is 17.5. The summed E-state index contributed by atoms with van der Waals surface area (Å²) in [7, 11) is 1.66. The van der Waals surface area contributed by atoms with Crippen LogP contribution in [0.25, 0.3) is 6.08 Å². The quantitative estimate of drug-likeness (QED) is 0.434. The van der Waals surface area contributed by atoms with Crippen LogP contribution in [-0.2, 0) is 24.4 Å². The minimum atomic E-state index is -0.177. The van der Waals surface area contributed by atoms with Crippen molar-refractivity contribution >= 4 is 23.5 Å². The van der Waals surface area contributed by atoms with Gasteiger partial charge in [0.2, 0.25) is 5.78 Å². The lowest BCUT2D eigenvalue weighted by atomic mass is 9.99. The summed E-state index contributed by atoms with van der Waals surface area (Å²) in [5.41, 5.74) is 4.99. The molecule has 0 fully saturated rings. The molecule has 0 aliphatic carbocycles. The van der Waals surface area contributed by atoms with Gasteiger partial charge in [-0.25, -0.2) is 0 Å². The molecular formula is C28H24ClNO6. The van der Waals surface area contributed by atoms with Gasteiger partial charge in [0.15, 0.2) is 12.6 Å². The molecule has 0 aromatic heterocycles. The number of carbonyl (C=O) groups excluding carboxylic acids is 1. The standard InChI is InChI=1S/C28H24ClNO6/c1-16-26-19(12-30(14-34-26)11-17-3-5-22(32-2)6-4-17)9-23-25(31)24(36-27(16)23)10-18-7-21(29)8-20-13-33-15-35-28(18)20/h3-10H,11-15H2,1-2H3/b24-10-. The highest BCUT2D eigenvalue weighted by molar-refractivity contribution is 6.31. The van der Waals surface area contributed by atoms with E-state index < -0.39 is 0 Å². The van der Waals surface area contributed by atoms with E-state index in [9.17, 15) is 4.79 Å². The molecule has 7 nitrogen and oxygen atoms in total. The highest BCUT2D eigenvalue weighted by Crippen LogP contribution is 2.44. The highest BCUT2D eigenvalue weighted by Gasteiger charge is 2.34. The van der Waals surface area contributed by atoms with Crippen molar-refractivity contribution in [3.63, 3.8) is 0 Å². The van der Waals surface area contributed by atoms with Crippen molar-refractivity contribution in [2.24, 2.45) is 0 Å². The van der Waals surface area contributed by atoms with E-state index in [4.69, 9.17) is 35.3 Å². The van der Waals surface area contributed by atoms with E-state index in [1.807, 2.05) is 37.3 Å². The van der Waals surface area contributed by atoms with Gasteiger partial charge in [-0.05, 0) is 48.9 Å². The van der Waals surface area contributed by atoms with Gasteiger partial charge < -0.3 is 23.7 Å². The number of ketones is 1. The van der Waals surface area contributed by atoms with Crippen molar-refractivity contribution in [1.29, 1.82) is 0 Å². The number of methoxy groups -OCH3 is 1. The lowest BCUT2D eigenvalue weighted by Gasteiger charge is -2.30. The predicted octanol–water partition coefficient (Wildman–Crippen LogP) is 5.49. The Balaban J connectivity index is 1.28. The number of Topliss-reactive ketones (excluding diaryl/α,β-unsaturated/α-hetero) is 1. The molecule has 36 heavy (non-hydrogen) atoms. The number of hydrogen-bond acceptors (Lipinski definition) is 7. The number of benzene rings is 3. The van der Waals surface area contributed by atoms with E-state index in [0.29, 0.717) is 47.5 Å². The average molecular weight is 506 g/mol. The average Bonchev–Trinajstić information content (AvgIpc) is 3.19. The molecule has 0 saturated carbocycles. The lowest BCUT2D eigenvalue weighted by molar-refractivity contribution is -0.0165. The van der Waals surface area contributed by atoms with E-state index in [2.05, 4.69) is 4.90 Å². The van der Waals surface area contributed by atoms with Crippen LogP contribution in [-0.4, -0.2) is 31.3 Å². The minimum Gasteiger partial charge on any atom is -0.497 e. The summed E-state index contributed by atoms with van der Waals surface area (Å²) < 4.78 is 28.5. The molecule has 0 amide bonds.